The lowest BCUT2D eigenvalue weighted by Gasteiger charge is -2.30. The Morgan fingerprint density at radius 2 is 1.80 bits per heavy atom. The summed E-state index contributed by atoms with van der Waals surface area (Å²) in [5.74, 6) is 1.79. The molecule has 0 atom stereocenters. The molecule has 1 aromatic rings. The number of likely N-dealkylation sites (tertiary alicyclic amines) is 1. The Kier molecular flexibility index (Phi) is 8.06. The second-order valence-electron chi connectivity index (χ2n) is 6.71. The van der Waals surface area contributed by atoms with Crippen molar-refractivity contribution in [2.75, 3.05) is 32.8 Å². The summed E-state index contributed by atoms with van der Waals surface area (Å²) in [4.78, 5) is 14.1. The average Bonchev–Trinajstić information content (AvgIpc) is 2.60. The van der Waals surface area contributed by atoms with E-state index in [1.807, 2.05) is 45.0 Å². The van der Waals surface area contributed by atoms with E-state index in [2.05, 4.69) is 4.90 Å². The molecule has 2 rings (SSSR count). The molecule has 0 bridgehead atoms. The van der Waals surface area contributed by atoms with Gasteiger partial charge in [0.1, 0.15) is 11.5 Å². The lowest BCUT2D eigenvalue weighted by atomic mass is 9.97. The monoisotopic (exact) mass is 349 g/mol. The van der Waals surface area contributed by atoms with E-state index in [0.717, 1.165) is 50.4 Å². The highest BCUT2D eigenvalue weighted by Gasteiger charge is 2.25. The van der Waals surface area contributed by atoms with Gasteiger partial charge in [0.15, 0.2) is 0 Å². The molecular formula is C20H31NO4. The fourth-order valence-corrected chi connectivity index (χ4v) is 3.02. The van der Waals surface area contributed by atoms with Crippen molar-refractivity contribution in [1.29, 1.82) is 0 Å². The maximum Gasteiger partial charge on any atom is 0.309 e. The van der Waals surface area contributed by atoms with Crippen molar-refractivity contribution in [3.63, 3.8) is 0 Å². The number of hydrogen-bond donors (Lipinski definition) is 0. The fraction of sp³-hybridized carbons (Fsp3) is 0.650. The predicted molar refractivity (Wildman–Crippen MR) is 98.1 cm³/mol. The molecule has 0 N–H and O–H groups in total. The van der Waals surface area contributed by atoms with Gasteiger partial charge in [-0.25, -0.2) is 0 Å². The van der Waals surface area contributed by atoms with Crippen LogP contribution in [0.4, 0.5) is 0 Å². The highest BCUT2D eigenvalue weighted by molar-refractivity contribution is 5.72. The second-order valence-corrected chi connectivity index (χ2v) is 6.71. The molecule has 1 fully saturated rings. The highest BCUT2D eigenvalue weighted by atomic mass is 16.5. The van der Waals surface area contributed by atoms with E-state index >= 15 is 0 Å². The third-order valence-electron chi connectivity index (χ3n) is 4.29. The third kappa shape index (κ3) is 6.94. The standard InChI is InChI=1S/C20H31NO4/c1-4-23-20(22)17-10-13-21(14-11-17)12-5-15-24-18-6-8-19(9-7-18)25-16(2)3/h6-9,16-17H,4-5,10-15H2,1-3H3. The van der Waals surface area contributed by atoms with Crippen LogP contribution in [-0.2, 0) is 9.53 Å². The van der Waals surface area contributed by atoms with Crippen molar-refractivity contribution in [2.45, 2.75) is 46.1 Å². The van der Waals surface area contributed by atoms with Gasteiger partial charge in [-0.3, -0.25) is 4.79 Å². The Hall–Kier alpha value is -1.75. The molecule has 1 aliphatic rings. The van der Waals surface area contributed by atoms with Gasteiger partial charge in [-0.2, -0.15) is 0 Å². The molecule has 0 amide bonds. The Labute approximate surface area is 151 Å². The number of carbonyl (C=O) groups excluding carboxylic acids is 1. The molecule has 5 nitrogen and oxygen atoms in total. The van der Waals surface area contributed by atoms with Crippen LogP contribution in [0.5, 0.6) is 11.5 Å². The van der Waals surface area contributed by atoms with E-state index in [1.54, 1.807) is 0 Å². The minimum absolute atomic E-state index is 0.0321. The zero-order chi connectivity index (χ0) is 18.1. The first-order valence-corrected chi connectivity index (χ1v) is 9.37. The van der Waals surface area contributed by atoms with E-state index in [0.29, 0.717) is 13.2 Å². The normalized spacial score (nSPS) is 16.0. The molecule has 140 valence electrons. The Morgan fingerprint density at radius 1 is 1.16 bits per heavy atom. The quantitative estimate of drug-likeness (QED) is 0.504. The summed E-state index contributed by atoms with van der Waals surface area (Å²) in [5.41, 5.74) is 0. The van der Waals surface area contributed by atoms with Gasteiger partial charge < -0.3 is 19.1 Å². The molecule has 0 saturated carbocycles. The van der Waals surface area contributed by atoms with Crippen LogP contribution in [0, 0.1) is 5.92 Å². The maximum absolute atomic E-state index is 11.7. The molecule has 1 aliphatic heterocycles. The van der Waals surface area contributed by atoms with Crippen molar-refractivity contribution in [2.24, 2.45) is 5.92 Å². The number of carbonyl (C=O) groups is 1. The van der Waals surface area contributed by atoms with Gasteiger partial charge in [-0.1, -0.05) is 0 Å². The van der Waals surface area contributed by atoms with E-state index in [4.69, 9.17) is 14.2 Å². The van der Waals surface area contributed by atoms with Crippen LogP contribution < -0.4 is 9.47 Å². The third-order valence-corrected chi connectivity index (χ3v) is 4.29. The molecule has 25 heavy (non-hydrogen) atoms. The molecule has 0 unspecified atom stereocenters. The van der Waals surface area contributed by atoms with Crippen molar-refractivity contribution >= 4 is 5.97 Å². The van der Waals surface area contributed by atoms with Crippen LogP contribution in [-0.4, -0.2) is 49.8 Å². The molecule has 1 heterocycles. The molecule has 0 aromatic heterocycles. The van der Waals surface area contributed by atoms with Crippen LogP contribution in [0.25, 0.3) is 0 Å². The molecule has 5 heteroatoms. The van der Waals surface area contributed by atoms with Crippen molar-refractivity contribution in [3.8, 4) is 11.5 Å². The maximum atomic E-state index is 11.7. The van der Waals surface area contributed by atoms with E-state index in [1.165, 1.54) is 0 Å². The fourth-order valence-electron chi connectivity index (χ4n) is 3.02. The van der Waals surface area contributed by atoms with Crippen LogP contribution >= 0.6 is 0 Å². The van der Waals surface area contributed by atoms with E-state index < -0.39 is 0 Å². The van der Waals surface area contributed by atoms with Crippen LogP contribution in [0.3, 0.4) is 0 Å². The number of ether oxygens (including phenoxy) is 3. The molecule has 1 aromatic carbocycles. The SMILES string of the molecule is CCOC(=O)C1CCN(CCCOc2ccc(OC(C)C)cc2)CC1. The number of esters is 1. The molecule has 0 radical (unpaired) electrons. The number of nitrogens with zero attached hydrogens (tertiary/aromatic N) is 1. The smallest absolute Gasteiger partial charge is 0.309 e. The Balaban J connectivity index is 1.60. The number of hydrogen-bond acceptors (Lipinski definition) is 5. The first-order valence-electron chi connectivity index (χ1n) is 9.37. The van der Waals surface area contributed by atoms with Gasteiger partial charge >= 0.3 is 5.97 Å². The van der Waals surface area contributed by atoms with Crippen molar-refractivity contribution < 1.29 is 19.0 Å². The number of rotatable bonds is 9. The molecule has 1 saturated heterocycles. The van der Waals surface area contributed by atoms with Crippen molar-refractivity contribution in [3.05, 3.63) is 24.3 Å². The van der Waals surface area contributed by atoms with Crippen LogP contribution in [0.2, 0.25) is 0 Å². The zero-order valence-electron chi connectivity index (χ0n) is 15.7. The summed E-state index contributed by atoms with van der Waals surface area (Å²) in [6, 6.07) is 7.77. The van der Waals surface area contributed by atoms with E-state index in [9.17, 15) is 4.79 Å². The van der Waals surface area contributed by atoms with Gasteiger partial charge in [0.2, 0.25) is 0 Å². The van der Waals surface area contributed by atoms with Gasteiger partial charge in [0, 0.05) is 6.54 Å². The van der Waals surface area contributed by atoms with E-state index in [-0.39, 0.29) is 18.0 Å². The molecule has 0 spiro atoms. The van der Waals surface area contributed by atoms with Gasteiger partial charge in [0.25, 0.3) is 0 Å². The molecular weight excluding hydrogens is 318 g/mol. The Morgan fingerprint density at radius 3 is 2.40 bits per heavy atom. The minimum Gasteiger partial charge on any atom is -0.494 e. The van der Waals surface area contributed by atoms with Gasteiger partial charge in [-0.05, 0) is 77.4 Å². The van der Waals surface area contributed by atoms with Crippen molar-refractivity contribution in [1.82, 2.24) is 4.90 Å². The summed E-state index contributed by atoms with van der Waals surface area (Å²) in [5, 5.41) is 0. The lowest BCUT2D eigenvalue weighted by molar-refractivity contribution is -0.149. The minimum atomic E-state index is -0.0321. The summed E-state index contributed by atoms with van der Waals surface area (Å²) < 4.78 is 16.5. The lowest BCUT2D eigenvalue weighted by Crippen LogP contribution is -2.37. The van der Waals surface area contributed by atoms with Crippen LogP contribution in [0.15, 0.2) is 24.3 Å². The Bertz CT molecular complexity index is 507. The number of piperidine rings is 1. The van der Waals surface area contributed by atoms with Crippen LogP contribution in [0.1, 0.15) is 40.0 Å². The first kappa shape index (κ1) is 19.6. The predicted octanol–water partition coefficient (Wildman–Crippen LogP) is 3.52. The largest absolute Gasteiger partial charge is 0.494 e. The summed E-state index contributed by atoms with van der Waals surface area (Å²) >= 11 is 0. The molecule has 0 aliphatic carbocycles. The highest BCUT2D eigenvalue weighted by Crippen LogP contribution is 2.20. The summed E-state index contributed by atoms with van der Waals surface area (Å²) in [6.07, 6.45) is 2.96. The first-order chi connectivity index (χ1) is 12.1. The zero-order valence-corrected chi connectivity index (χ0v) is 15.7. The summed E-state index contributed by atoms with van der Waals surface area (Å²) in [6.45, 7) is 9.99. The second kappa shape index (κ2) is 10.3. The van der Waals surface area contributed by atoms with Gasteiger partial charge in [0.05, 0.1) is 25.2 Å². The average molecular weight is 349 g/mol. The number of benzene rings is 1. The summed E-state index contributed by atoms with van der Waals surface area (Å²) in [7, 11) is 0. The topological polar surface area (TPSA) is 48.0 Å². The van der Waals surface area contributed by atoms with Gasteiger partial charge in [-0.15, -0.1) is 0 Å².